The molecular weight excluding hydrogens is 188 g/mol. The van der Waals surface area contributed by atoms with Gasteiger partial charge >= 0.3 is 5.97 Å². The number of likely N-dealkylation sites (N-methyl/N-ethyl adjacent to an activating group) is 1. The summed E-state index contributed by atoms with van der Waals surface area (Å²) in [6, 6.07) is 0. The molecule has 82 valence electrons. The molecule has 1 aliphatic heterocycles. The van der Waals surface area contributed by atoms with Crippen LogP contribution in [0.3, 0.4) is 0 Å². The Kier molecular flexibility index (Phi) is 4.27. The summed E-state index contributed by atoms with van der Waals surface area (Å²) in [7, 11) is 3.59. The lowest BCUT2D eigenvalue weighted by atomic mass is 10.4. The summed E-state index contributed by atoms with van der Waals surface area (Å²) in [5, 5.41) is 11.6. The van der Waals surface area contributed by atoms with Crippen molar-refractivity contribution in [3.8, 4) is 0 Å². The summed E-state index contributed by atoms with van der Waals surface area (Å²) >= 11 is 0. The maximum Gasteiger partial charge on any atom is 0.321 e. The minimum atomic E-state index is -0.653. The lowest BCUT2D eigenvalue weighted by Gasteiger charge is -2.09. The molecule has 0 spiro atoms. The van der Waals surface area contributed by atoms with Crippen LogP contribution < -0.4 is 5.32 Å². The maximum absolute atomic E-state index is 11.0. The van der Waals surface area contributed by atoms with E-state index in [1.165, 1.54) is 0 Å². The van der Waals surface area contributed by atoms with Crippen LogP contribution in [0.25, 0.3) is 0 Å². The molecule has 6 heteroatoms. The fourth-order valence-corrected chi connectivity index (χ4v) is 0.919. The van der Waals surface area contributed by atoms with Gasteiger partial charge in [0.15, 0.2) is 6.29 Å². The highest BCUT2D eigenvalue weighted by Gasteiger charge is 2.36. The molecule has 1 rings (SSSR count). The van der Waals surface area contributed by atoms with Crippen molar-refractivity contribution < 1.29 is 19.4 Å². The third kappa shape index (κ3) is 4.52. The first-order chi connectivity index (χ1) is 6.59. The summed E-state index contributed by atoms with van der Waals surface area (Å²) in [4.78, 5) is 12.7. The third-order valence-electron chi connectivity index (χ3n) is 1.68. The van der Waals surface area contributed by atoms with Gasteiger partial charge in [0.1, 0.15) is 12.8 Å². The Morgan fingerprint density at radius 3 is 2.79 bits per heavy atom. The molecule has 0 bridgehead atoms. The number of aliphatic hydroxyl groups is 1. The minimum Gasteiger partial charge on any atom is -0.449 e. The Labute approximate surface area is 82.8 Å². The molecule has 1 fully saturated rings. The number of hydrogen-bond acceptors (Lipinski definition) is 6. The number of rotatable bonds is 6. The Morgan fingerprint density at radius 2 is 2.29 bits per heavy atom. The van der Waals surface area contributed by atoms with Crippen molar-refractivity contribution in [1.82, 2.24) is 10.2 Å². The number of esters is 1. The Bertz CT molecular complexity index is 198. The van der Waals surface area contributed by atoms with Gasteiger partial charge in [-0.05, 0) is 14.1 Å². The van der Waals surface area contributed by atoms with Gasteiger partial charge in [0.2, 0.25) is 0 Å². The molecule has 1 heterocycles. The smallest absolute Gasteiger partial charge is 0.321 e. The van der Waals surface area contributed by atoms with E-state index in [1.54, 1.807) is 19.0 Å². The zero-order chi connectivity index (χ0) is 10.6. The molecule has 1 saturated heterocycles. The van der Waals surface area contributed by atoms with Gasteiger partial charge in [0, 0.05) is 6.54 Å². The van der Waals surface area contributed by atoms with E-state index >= 15 is 0 Å². The van der Waals surface area contributed by atoms with Crippen LogP contribution in [-0.4, -0.2) is 62.3 Å². The van der Waals surface area contributed by atoms with E-state index in [-0.39, 0.29) is 25.3 Å². The van der Waals surface area contributed by atoms with Gasteiger partial charge in [-0.25, -0.2) is 0 Å². The lowest BCUT2D eigenvalue weighted by molar-refractivity contribution is -0.145. The van der Waals surface area contributed by atoms with Crippen LogP contribution in [0.15, 0.2) is 0 Å². The summed E-state index contributed by atoms with van der Waals surface area (Å²) in [6.45, 7) is 0.917. The fourth-order valence-electron chi connectivity index (χ4n) is 0.919. The molecule has 0 aromatic rings. The monoisotopic (exact) mass is 204 g/mol. The van der Waals surface area contributed by atoms with Crippen LogP contribution in [0.5, 0.6) is 0 Å². The highest BCUT2D eigenvalue weighted by Crippen LogP contribution is 2.16. The number of hydrogen-bond donors (Lipinski definition) is 2. The van der Waals surface area contributed by atoms with Gasteiger partial charge in [-0.3, -0.25) is 15.0 Å². The molecule has 2 N–H and O–H groups in total. The number of ether oxygens (including phenoxy) is 2. The standard InChI is InChI=1S/C8H16N2O4/c1-10(2)4-7(11)13-5-9-3-6-8(12)14-6/h6,8-9,12H,3-5H2,1-2H3. The molecule has 14 heavy (non-hydrogen) atoms. The second-order valence-corrected chi connectivity index (χ2v) is 3.42. The molecule has 0 amide bonds. The highest BCUT2D eigenvalue weighted by molar-refractivity contribution is 5.71. The van der Waals surface area contributed by atoms with Gasteiger partial charge < -0.3 is 14.6 Å². The van der Waals surface area contributed by atoms with E-state index in [1.807, 2.05) is 0 Å². The number of aliphatic hydroxyl groups excluding tert-OH is 1. The molecule has 0 aromatic heterocycles. The van der Waals surface area contributed by atoms with Crippen molar-refractivity contribution in [2.75, 3.05) is 33.9 Å². The maximum atomic E-state index is 11.0. The normalized spacial score (nSPS) is 25.1. The summed E-state index contributed by atoms with van der Waals surface area (Å²) < 4.78 is 9.57. The van der Waals surface area contributed by atoms with Crippen LogP contribution >= 0.6 is 0 Å². The van der Waals surface area contributed by atoms with Gasteiger partial charge in [-0.15, -0.1) is 0 Å². The number of carbonyl (C=O) groups excluding carboxylic acids is 1. The fraction of sp³-hybridized carbons (Fsp3) is 0.875. The molecule has 0 aliphatic carbocycles. The van der Waals surface area contributed by atoms with Gasteiger partial charge in [0.25, 0.3) is 0 Å². The van der Waals surface area contributed by atoms with Crippen LogP contribution in [-0.2, 0) is 14.3 Å². The minimum absolute atomic E-state index is 0.150. The average Bonchev–Trinajstić information content (AvgIpc) is 2.75. The SMILES string of the molecule is CN(C)CC(=O)OCNCC1OC1O. The van der Waals surface area contributed by atoms with Gasteiger partial charge in [-0.1, -0.05) is 0 Å². The zero-order valence-electron chi connectivity index (χ0n) is 8.40. The predicted octanol–water partition coefficient (Wildman–Crippen LogP) is -1.64. The van der Waals surface area contributed by atoms with E-state index in [0.717, 1.165) is 0 Å². The first kappa shape index (κ1) is 11.4. The molecule has 0 radical (unpaired) electrons. The Balaban J connectivity index is 1.90. The zero-order valence-corrected chi connectivity index (χ0v) is 8.40. The quantitative estimate of drug-likeness (QED) is 0.234. The molecule has 0 saturated carbocycles. The van der Waals surface area contributed by atoms with Gasteiger partial charge in [0.05, 0.1) is 6.54 Å². The van der Waals surface area contributed by atoms with Crippen molar-refractivity contribution >= 4 is 5.97 Å². The third-order valence-corrected chi connectivity index (χ3v) is 1.68. The van der Waals surface area contributed by atoms with Crippen LogP contribution in [0.4, 0.5) is 0 Å². The van der Waals surface area contributed by atoms with Crippen molar-refractivity contribution in [1.29, 1.82) is 0 Å². The first-order valence-electron chi connectivity index (χ1n) is 4.44. The largest absolute Gasteiger partial charge is 0.449 e. The van der Waals surface area contributed by atoms with Crippen LogP contribution in [0.2, 0.25) is 0 Å². The second-order valence-electron chi connectivity index (χ2n) is 3.42. The van der Waals surface area contributed by atoms with Gasteiger partial charge in [-0.2, -0.15) is 0 Å². The van der Waals surface area contributed by atoms with Crippen LogP contribution in [0, 0.1) is 0 Å². The summed E-state index contributed by atoms with van der Waals surface area (Å²) in [6.07, 6.45) is -0.803. The second kappa shape index (κ2) is 5.26. The highest BCUT2D eigenvalue weighted by atomic mass is 16.7. The number of nitrogens with one attached hydrogen (secondary N) is 1. The lowest BCUT2D eigenvalue weighted by Crippen LogP contribution is -2.29. The Hall–Kier alpha value is -0.690. The average molecular weight is 204 g/mol. The van der Waals surface area contributed by atoms with E-state index in [2.05, 4.69) is 5.32 Å². The molecule has 6 nitrogen and oxygen atoms in total. The van der Waals surface area contributed by atoms with E-state index in [9.17, 15) is 4.79 Å². The van der Waals surface area contributed by atoms with Crippen molar-refractivity contribution in [3.63, 3.8) is 0 Å². The van der Waals surface area contributed by atoms with E-state index < -0.39 is 6.29 Å². The number of carbonyl (C=O) groups is 1. The van der Waals surface area contributed by atoms with Crippen LogP contribution in [0.1, 0.15) is 0 Å². The summed E-state index contributed by atoms with van der Waals surface area (Å²) in [5.74, 6) is -0.278. The molecule has 1 aliphatic rings. The van der Waals surface area contributed by atoms with Crippen molar-refractivity contribution in [3.05, 3.63) is 0 Å². The van der Waals surface area contributed by atoms with Crippen molar-refractivity contribution in [2.45, 2.75) is 12.4 Å². The molecular formula is C8H16N2O4. The molecule has 2 atom stereocenters. The summed E-state index contributed by atoms with van der Waals surface area (Å²) in [5.41, 5.74) is 0. The molecule has 2 unspecified atom stereocenters. The predicted molar refractivity (Wildman–Crippen MR) is 48.4 cm³/mol. The Morgan fingerprint density at radius 1 is 1.64 bits per heavy atom. The topological polar surface area (TPSA) is 74.3 Å². The van der Waals surface area contributed by atoms with E-state index in [0.29, 0.717) is 6.54 Å². The number of nitrogens with zero attached hydrogens (tertiary/aromatic N) is 1. The van der Waals surface area contributed by atoms with E-state index in [4.69, 9.17) is 14.6 Å². The first-order valence-corrected chi connectivity index (χ1v) is 4.44. The van der Waals surface area contributed by atoms with Crippen molar-refractivity contribution in [2.24, 2.45) is 0 Å². The molecule has 0 aromatic carbocycles. The number of epoxide rings is 1.